The molecule has 1 aromatic heterocycles. The van der Waals surface area contributed by atoms with Crippen LogP contribution in [0.15, 0.2) is 54.7 Å². The Morgan fingerprint density at radius 3 is 2.74 bits per heavy atom. The Morgan fingerprint density at radius 2 is 1.96 bits per heavy atom. The number of rotatable bonds is 5. The maximum atomic E-state index is 13.2. The van der Waals surface area contributed by atoms with E-state index in [-0.39, 0.29) is 5.78 Å². The molecule has 27 heavy (non-hydrogen) atoms. The van der Waals surface area contributed by atoms with Crippen molar-refractivity contribution in [3.8, 4) is 5.75 Å². The van der Waals surface area contributed by atoms with Crippen LogP contribution >= 0.6 is 0 Å². The fourth-order valence-electron chi connectivity index (χ4n) is 3.45. The zero-order valence-corrected chi connectivity index (χ0v) is 15.0. The third-order valence-electron chi connectivity index (χ3n) is 4.87. The van der Waals surface area contributed by atoms with Crippen LogP contribution in [0, 0.1) is 0 Å². The number of fused-ring (bicyclic) bond motifs is 1. The van der Waals surface area contributed by atoms with Crippen LogP contribution in [0.2, 0.25) is 0 Å². The Hall–Kier alpha value is -3.12. The fraction of sp³-hybridized carbons (Fsp3) is 0.238. The minimum Gasteiger partial charge on any atom is -0.497 e. The van der Waals surface area contributed by atoms with Crippen molar-refractivity contribution in [3.05, 3.63) is 65.9 Å². The predicted molar refractivity (Wildman–Crippen MR) is 101 cm³/mol. The number of hydrogen-bond acceptors (Lipinski definition) is 5. The van der Waals surface area contributed by atoms with E-state index in [1.165, 1.54) is 5.06 Å². The van der Waals surface area contributed by atoms with Crippen molar-refractivity contribution in [1.29, 1.82) is 0 Å². The molecule has 6 nitrogen and oxygen atoms in total. The molecule has 3 aromatic rings. The van der Waals surface area contributed by atoms with E-state index >= 15 is 0 Å². The van der Waals surface area contributed by atoms with E-state index in [0.717, 1.165) is 17.3 Å². The van der Waals surface area contributed by atoms with Gasteiger partial charge in [0.25, 0.3) is 0 Å². The van der Waals surface area contributed by atoms with Gasteiger partial charge in [0.1, 0.15) is 11.8 Å². The first kappa shape index (κ1) is 17.3. The molecule has 138 valence electrons. The first-order valence-electron chi connectivity index (χ1n) is 8.90. The largest absolute Gasteiger partial charge is 0.497 e. The Labute approximate surface area is 156 Å². The number of Topliss-reactive ketones (excluding diaryl/α,β-unsaturated/α-hetero) is 1. The maximum Gasteiger partial charge on any atom is 0.357 e. The van der Waals surface area contributed by atoms with Gasteiger partial charge in [0, 0.05) is 29.2 Å². The number of ketones is 1. The van der Waals surface area contributed by atoms with Crippen LogP contribution in [0.4, 0.5) is 0 Å². The number of ether oxygens (including phenoxy) is 1. The summed E-state index contributed by atoms with van der Waals surface area (Å²) in [6.07, 6.45) is 3.16. The first-order chi connectivity index (χ1) is 13.2. The number of methoxy groups -OCH3 is 1. The number of hydrogen-bond donors (Lipinski definition) is 1. The highest BCUT2D eigenvalue weighted by molar-refractivity contribution is 6.10. The lowest BCUT2D eigenvalue weighted by Crippen LogP contribution is -2.37. The number of aromatic nitrogens is 1. The van der Waals surface area contributed by atoms with Crippen LogP contribution in [0.5, 0.6) is 5.75 Å². The van der Waals surface area contributed by atoms with Crippen molar-refractivity contribution in [2.24, 2.45) is 0 Å². The molecule has 2 heterocycles. The van der Waals surface area contributed by atoms with Gasteiger partial charge < -0.3 is 14.6 Å². The van der Waals surface area contributed by atoms with Crippen LogP contribution in [-0.2, 0) is 4.84 Å². The molecule has 1 saturated heterocycles. The summed E-state index contributed by atoms with van der Waals surface area (Å²) in [6.45, 7) is 0.542. The number of aromatic amines is 1. The van der Waals surface area contributed by atoms with Gasteiger partial charge >= 0.3 is 5.97 Å². The zero-order chi connectivity index (χ0) is 18.8. The highest BCUT2D eigenvalue weighted by Gasteiger charge is 2.35. The summed E-state index contributed by atoms with van der Waals surface area (Å²) < 4.78 is 5.27. The summed E-state index contributed by atoms with van der Waals surface area (Å²) in [6, 6.07) is 13.9. The Bertz CT molecular complexity index is 980. The lowest BCUT2D eigenvalue weighted by molar-refractivity contribution is -0.109. The smallest absolute Gasteiger partial charge is 0.357 e. The second-order valence-corrected chi connectivity index (χ2v) is 6.52. The number of carbonyl (C=O) groups excluding carboxylic acids is 2. The summed E-state index contributed by atoms with van der Waals surface area (Å²) in [5.41, 5.74) is 1.91. The lowest BCUT2D eigenvalue weighted by Gasteiger charge is -2.22. The van der Waals surface area contributed by atoms with E-state index in [1.54, 1.807) is 37.6 Å². The summed E-state index contributed by atoms with van der Waals surface area (Å²) in [4.78, 5) is 34.2. The monoisotopic (exact) mass is 364 g/mol. The van der Waals surface area contributed by atoms with E-state index in [0.29, 0.717) is 29.8 Å². The van der Waals surface area contributed by atoms with Crippen molar-refractivity contribution in [2.45, 2.75) is 18.9 Å². The predicted octanol–water partition coefficient (Wildman–Crippen LogP) is 3.60. The number of H-pyrrole nitrogens is 1. The Balaban J connectivity index is 1.57. The molecule has 0 saturated carbocycles. The minimum absolute atomic E-state index is 0.0622. The molecule has 6 heteroatoms. The average molecular weight is 364 g/mol. The highest BCUT2D eigenvalue weighted by Crippen LogP contribution is 2.28. The van der Waals surface area contributed by atoms with Gasteiger partial charge in [0.05, 0.1) is 12.7 Å². The normalized spacial score (nSPS) is 17.1. The molecule has 4 rings (SSSR count). The van der Waals surface area contributed by atoms with Gasteiger partial charge in [-0.25, -0.2) is 4.79 Å². The van der Waals surface area contributed by atoms with Gasteiger partial charge in [0.15, 0.2) is 5.78 Å². The van der Waals surface area contributed by atoms with E-state index in [4.69, 9.17) is 9.57 Å². The van der Waals surface area contributed by atoms with Gasteiger partial charge in [0.2, 0.25) is 0 Å². The van der Waals surface area contributed by atoms with Crippen molar-refractivity contribution in [1.82, 2.24) is 10.0 Å². The van der Waals surface area contributed by atoms with Gasteiger partial charge in [-0.3, -0.25) is 4.79 Å². The van der Waals surface area contributed by atoms with Gasteiger partial charge in [-0.05, 0) is 43.2 Å². The van der Waals surface area contributed by atoms with Crippen molar-refractivity contribution < 1.29 is 19.2 Å². The quantitative estimate of drug-likeness (QED) is 0.701. The third kappa shape index (κ3) is 3.31. The molecule has 1 aliphatic rings. The number of nitrogens with one attached hydrogen (secondary N) is 1. The number of benzene rings is 2. The SMILES string of the molecule is COc1ccc2[nH]cc(C(=O)[C@@H]3CCCN3OC(=O)c3ccccc3)c2c1. The molecule has 0 amide bonds. The van der Waals surface area contributed by atoms with Crippen LogP contribution in [0.1, 0.15) is 33.6 Å². The summed E-state index contributed by atoms with van der Waals surface area (Å²) in [7, 11) is 1.59. The lowest BCUT2D eigenvalue weighted by atomic mass is 10.0. The molecular formula is C21H20N2O4. The molecule has 0 bridgehead atoms. The Kier molecular flexibility index (Phi) is 4.64. The van der Waals surface area contributed by atoms with E-state index in [1.807, 2.05) is 24.3 Å². The minimum atomic E-state index is -0.483. The maximum absolute atomic E-state index is 13.2. The number of nitrogens with zero attached hydrogens (tertiary/aromatic N) is 1. The van der Waals surface area contributed by atoms with Crippen molar-refractivity contribution in [3.63, 3.8) is 0 Å². The molecule has 1 N–H and O–H groups in total. The topological polar surface area (TPSA) is 71.6 Å². The third-order valence-corrected chi connectivity index (χ3v) is 4.87. The number of carbonyl (C=O) groups is 2. The molecule has 1 atom stereocenters. The second kappa shape index (κ2) is 7.25. The zero-order valence-electron chi connectivity index (χ0n) is 15.0. The summed E-state index contributed by atoms with van der Waals surface area (Å²) in [5.74, 6) is 0.179. The van der Waals surface area contributed by atoms with Crippen molar-refractivity contribution >= 4 is 22.7 Å². The van der Waals surface area contributed by atoms with E-state index in [2.05, 4.69) is 4.98 Å². The second-order valence-electron chi connectivity index (χ2n) is 6.52. The first-order valence-corrected chi connectivity index (χ1v) is 8.90. The van der Waals surface area contributed by atoms with Crippen molar-refractivity contribution in [2.75, 3.05) is 13.7 Å². The molecule has 0 spiro atoms. The van der Waals surface area contributed by atoms with Crippen LogP contribution in [0.25, 0.3) is 10.9 Å². The van der Waals surface area contributed by atoms with Crippen LogP contribution < -0.4 is 4.74 Å². The summed E-state index contributed by atoms with van der Waals surface area (Å²) >= 11 is 0. The van der Waals surface area contributed by atoms with Gasteiger partial charge in [-0.2, -0.15) is 0 Å². The Morgan fingerprint density at radius 1 is 1.15 bits per heavy atom. The molecule has 0 unspecified atom stereocenters. The molecule has 1 fully saturated rings. The number of hydroxylamine groups is 2. The standard InChI is InChI=1S/C21H20N2O4/c1-26-15-9-10-18-16(12-15)17(13-22-18)20(24)19-8-5-11-23(19)27-21(25)14-6-3-2-4-7-14/h2-4,6-7,9-10,12-13,19,22H,5,8,11H2,1H3/t19-/m0/s1. The van der Waals surface area contributed by atoms with E-state index < -0.39 is 12.0 Å². The fourth-order valence-corrected chi connectivity index (χ4v) is 3.45. The molecule has 0 radical (unpaired) electrons. The molecule has 0 aliphatic carbocycles. The highest BCUT2D eigenvalue weighted by atomic mass is 16.7. The van der Waals surface area contributed by atoms with E-state index in [9.17, 15) is 9.59 Å². The van der Waals surface area contributed by atoms with Crippen LogP contribution in [0.3, 0.4) is 0 Å². The van der Waals surface area contributed by atoms with Crippen LogP contribution in [-0.4, -0.2) is 41.5 Å². The van der Waals surface area contributed by atoms with Gasteiger partial charge in [-0.1, -0.05) is 18.2 Å². The molecule has 2 aromatic carbocycles. The van der Waals surface area contributed by atoms with Gasteiger partial charge in [-0.15, -0.1) is 5.06 Å². The molecular weight excluding hydrogens is 344 g/mol. The molecule has 1 aliphatic heterocycles. The summed E-state index contributed by atoms with van der Waals surface area (Å²) in [5, 5.41) is 2.32. The average Bonchev–Trinajstić information content (AvgIpc) is 3.34.